The van der Waals surface area contributed by atoms with E-state index in [0.29, 0.717) is 60.2 Å². The standard InChI is InChI=1S/C32H47N7O7S/c1-20(40)34-27-36-23(25(47-27)26(42)33-17-9-19-37-18-8-10-24(37)41)16-13-21-11-14-22(15-12-21)35-28(38(29(43)44)31(2,3)4)39(30(45)46)32(5,6)7/h11-12,14-15,28,35H,8-10,13,16-19H2,1-7H3,(H,33,42)(H,43,44)(H,45,46)(H,34,36,40). The Balaban J connectivity index is 1.74. The molecule has 3 rings (SSSR count). The fraction of sp³-hybridized carbons (Fsp3) is 0.562. The van der Waals surface area contributed by atoms with Gasteiger partial charge in [-0.25, -0.2) is 14.6 Å². The van der Waals surface area contributed by atoms with Gasteiger partial charge < -0.3 is 31.1 Å². The molecule has 1 saturated heterocycles. The number of hydrogen-bond acceptors (Lipinski definition) is 8. The van der Waals surface area contributed by atoms with Crippen molar-refractivity contribution in [2.45, 2.75) is 97.9 Å². The Hall–Kier alpha value is -4.40. The molecular formula is C32H47N7O7S. The van der Waals surface area contributed by atoms with Gasteiger partial charge in [0.05, 0.1) is 5.69 Å². The molecule has 15 heteroatoms. The number of hydrogen-bond donors (Lipinski definition) is 5. The Morgan fingerprint density at radius 3 is 2.06 bits per heavy atom. The van der Waals surface area contributed by atoms with Crippen LogP contribution in [0.5, 0.6) is 0 Å². The highest BCUT2D eigenvalue weighted by Crippen LogP contribution is 2.28. The van der Waals surface area contributed by atoms with Gasteiger partial charge in [0, 0.05) is 49.7 Å². The van der Waals surface area contributed by atoms with E-state index in [1.807, 2.05) is 12.1 Å². The number of thiazole rings is 1. The van der Waals surface area contributed by atoms with Crippen molar-refractivity contribution < 1.29 is 34.2 Å². The van der Waals surface area contributed by atoms with Crippen LogP contribution < -0.4 is 16.0 Å². The minimum Gasteiger partial charge on any atom is -0.465 e. The first kappa shape index (κ1) is 37.1. The van der Waals surface area contributed by atoms with Gasteiger partial charge in [-0.05, 0) is 84.9 Å². The number of nitrogens with zero attached hydrogens (tertiary/aromatic N) is 4. The van der Waals surface area contributed by atoms with Crippen molar-refractivity contribution in [1.82, 2.24) is 25.0 Å². The molecule has 0 unspecified atom stereocenters. The Bertz CT molecular complexity index is 1420. The van der Waals surface area contributed by atoms with Gasteiger partial charge in [-0.2, -0.15) is 0 Å². The SMILES string of the molecule is CC(=O)Nc1nc(CCc2ccc(NC(N(C(=O)O)C(C)(C)C)N(C(=O)O)C(C)(C)C)cc2)c(C(=O)NCCCN2CCCC2=O)s1. The van der Waals surface area contributed by atoms with Crippen LogP contribution >= 0.6 is 11.3 Å². The number of carboxylic acid groups (broad SMARTS) is 2. The van der Waals surface area contributed by atoms with Gasteiger partial charge >= 0.3 is 12.2 Å². The zero-order valence-corrected chi connectivity index (χ0v) is 29.0. The lowest BCUT2D eigenvalue weighted by Crippen LogP contribution is -2.66. The summed E-state index contributed by atoms with van der Waals surface area (Å²) in [6.07, 6.45) is -0.788. The van der Waals surface area contributed by atoms with Gasteiger partial charge in [-0.3, -0.25) is 24.2 Å². The van der Waals surface area contributed by atoms with Crippen LogP contribution in [0, 0.1) is 0 Å². The highest BCUT2D eigenvalue weighted by molar-refractivity contribution is 7.17. The molecular weight excluding hydrogens is 626 g/mol. The normalized spacial score (nSPS) is 13.4. The number of carbonyl (C=O) groups is 5. The number of likely N-dealkylation sites (tertiary alicyclic amines) is 1. The largest absolute Gasteiger partial charge is 0.465 e. The summed E-state index contributed by atoms with van der Waals surface area (Å²) in [6, 6.07) is 7.17. The highest BCUT2D eigenvalue weighted by atomic mass is 32.1. The lowest BCUT2D eigenvalue weighted by Gasteiger charge is -2.48. The van der Waals surface area contributed by atoms with E-state index in [4.69, 9.17) is 0 Å². The van der Waals surface area contributed by atoms with Crippen LogP contribution in [0.25, 0.3) is 0 Å². The van der Waals surface area contributed by atoms with Crippen LogP contribution in [0.4, 0.5) is 20.4 Å². The predicted octanol–water partition coefficient (Wildman–Crippen LogP) is 4.88. The molecule has 1 aliphatic heterocycles. The minimum absolute atomic E-state index is 0.143. The maximum absolute atomic E-state index is 13.1. The maximum Gasteiger partial charge on any atom is 0.410 e. The van der Waals surface area contributed by atoms with Crippen molar-refractivity contribution in [3.05, 3.63) is 40.4 Å². The fourth-order valence-corrected chi connectivity index (χ4v) is 6.31. The lowest BCUT2D eigenvalue weighted by atomic mass is 10.0. The Morgan fingerprint density at radius 1 is 0.979 bits per heavy atom. The first-order valence-electron chi connectivity index (χ1n) is 15.6. The molecule has 0 atom stereocenters. The summed E-state index contributed by atoms with van der Waals surface area (Å²) in [5, 5.41) is 29.2. The number of anilines is 2. The molecule has 0 spiro atoms. The van der Waals surface area contributed by atoms with E-state index in [0.717, 1.165) is 39.7 Å². The number of aryl methyl sites for hydroxylation is 2. The molecule has 0 aliphatic carbocycles. The second kappa shape index (κ2) is 15.5. The van der Waals surface area contributed by atoms with Crippen molar-refractivity contribution in [3.63, 3.8) is 0 Å². The molecule has 5 amide bonds. The van der Waals surface area contributed by atoms with Gasteiger partial charge in [0.25, 0.3) is 5.91 Å². The molecule has 1 aromatic carbocycles. The molecule has 5 N–H and O–H groups in total. The molecule has 2 aromatic rings. The Labute approximate surface area is 279 Å². The lowest BCUT2D eigenvalue weighted by molar-refractivity contribution is -0.127. The molecule has 1 fully saturated rings. The quantitative estimate of drug-likeness (QED) is 0.146. The van der Waals surface area contributed by atoms with Crippen LogP contribution in [-0.4, -0.2) is 96.8 Å². The van der Waals surface area contributed by atoms with Gasteiger partial charge in [-0.1, -0.05) is 23.5 Å². The third-order valence-corrected chi connectivity index (χ3v) is 8.51. The second-order valence-electron chi connectivity index (χ2n) is 13.4. The zero-order valence-electron chi connectivity index (χ0n) is 28.2. The Kier molecular flexibility index (Phi) is 12.2. The topological polar surface area (TPSA) is 185 Å². The summed E-state index contributed by atoms with van der Waals surface area (Å²) in [5.74, 6) is -0.449. The smallest absolute Gasteiger partial charge is 0.410 e. The van der Waals surface area contributed by atoms with E-state index in [2.05, 4.69) is 20.9 Å². The summed E-state index contributed by atoms with van der Waals surface area (Å²) in [7, 11) is 0. The number of carbonyl (C=O) groups excluding carboxylic acids is 3. The summed E-state index contributed by atoms with van der Waals surface area (Å²) in [5.41, 5.74) is 0.103. The molecule has 47 heavy (non-hydrogen) atoms. The van der Waals surface area contributed by atoms with Crippen LogP contribution in [-0.2, 0) is 22.4 Å². The average molecular weight is 674 g/mol. The minimum atomic E-state index is -1.27. The molecule has 2 heterocycles. The third-order valence-electron chi connectivity index (χ3n) is 7.50. The van der Waals surface area contributed by atoms with E-state index in [-0.39, 0.29) is 17.7 Å². The van der Waals surface area contributed by atoms with Crippen molar-refractivity contribution in [2.75, 3.05) is 30.3 Å². The van der Waals surface area contributed by atoms with Gasteiger partial charge in [0.2, 0.25) is 11.8 Å². The van der Waals surface area contributed by atoms with E-state index < -0.39 is 29.6 Å². The predicted molar refractivity (Wildman–Crippen MR) is 180 cm³/mol. The van der Waals surface area contributed by atoms with Crippen molar-refractivity contribution in [2.24, 2.45) is 0 Å². The number of amides is 5. The second-order valence-corrected chi connectivity index (χ2v) is 14.4. The summed E-state index contributed by atoms with van der Waals surface area (Å²) >= 11 is 1.10. The summed E-state index contributed by atoms with van der Waals surface area (Å²) < 4.78 is 0. The summed E-state index contributed by atoms with van der Waals surface area (Å²) in [4.78, 5) is 70.2. The molecule has 1 aromatic heterocycles. The number of benzene rings is 1. The van der Waals surface area contributed by atoms with Gasteiger partial charge in [0.15, 0.2) is 11.4 Å². The van der Waals surface area contributed by atoms with Gasteiger partial charge in [0.1, 0.15) is 4.88 Å². The monoisotopic (exact) mass is 673 g/mol. The van der Waals surface area contributed by atoms with Crippen molar-refractivity contribution >= 4 is 52.1 Å². The van der Waals surface area contributed by atoms with Crippen LogP contribution in [0.1, 0.15) is 88.7 Å². The molecule has 0 saturated carbocycles. The first-order chi connectivity index (χ1) is 21.9. The third kappa shape index (κ3) is 10.3. The van der Waals surface area contributed by atoms with E-state index in [1.54, 1.807) is 58.6 Å². The molecule has 258 valence electrons. The highest BCUT2D eigenvalue weighted by Gasteiger charge is 2.43. The van der Waals surface area contributed by atoms with E-state index in [1.165, 1.54) is 6.92 Å². The molecule has 14 nitrogen and oxygen atoms in total. The number of aromatic nitrogens is 1. The Morgan fingerprint density at radius 2 is 1.57 bits per heavy atom. The summed E-state index contributed by atoms with van der Waals surface area (Å²) in [6.45, 7) is 13.3. The van der Waals surface area contributed by atoms with Crippen LogP contribution in [0.15, 0.2) is 24.3 Å². The number of nitrogens with one attached hydrogen (secondary N) is 3. The number of rotatable bonds is 13. The van der Waals surface area contributed by atoms with Crippen molar-refractivity contribution in [3.8, 4) is 0 Å². The van der Waals surface area contributed by atoms with Crippen LogP contribution in [0.2, 0.25) is 0 Å². The fourth-order valence-electron chi connectivity index (χ4n) is 5.34. The van der Waals surface area contributed by atoms with E-state index >= 15 is 0 Å². The zero-order chi connectivity index (χ0) is 35.1. The first-order valence-corrected chi connectivity index (χ1v) is 16.4. The average Bonchev–Trinajstić information content (AvgIpc) is 3.53. The molecule has 0 radical (unpaired) electrons. The van der Waals surface area contributed by atoms with E-state index in [9.17, 15) is 34.2 Å². The van der Waals surface area contributed by atoms with Gasteiger partial charge in [-0.15, -0.1) is 0 Å². The van der Waals surface area contributed by atoms with Crippen LogP contribution in [0.3, 0.4) is 0 Å². The molecule has 0 bridgehead atoms. The van der Waals surface area contributed by atoms with Crippen molar-refractivity contribution in [1.29, 1.82) is 0 Å². The maximum atomic E-state index is 13.1. The molecule has 1 aliphatic rings.